The zero-order chi connectivity index (χ0) is 45.6. The maximum atomic E-state index is 12.9. The summed E-state index contributed by atoms with van der Waals surface area (Å²) >= 11 is 7.35. The predicted molar refractivity (Wildman–Crippen MR) is 232 cm³/mol. The number of hydrogen-bond donors (Lipinski definition) is 4. The number of hydrogen-bond acceptors (Lipinski definition) is 25. The van der Waals surface area contributed by atoms with Crippen molar-refractivity contribution in [1.29, 1.82) is 5.26 Å². The van der Waals surface area contributed by atoms with Crippen LogP contribution in [0.4, 0.5) is 5.13 Å². The predicted octanol–water partition coefficient (Wildman–Crippen LogP) is -5.51. The summed E-state index contributed by atoms with van der Waals surface area (Å²) in [5.41, 5.74) is 4.76. The van der Waals surface area contributed by atoms with E-state index in [9.17, 15) is 39.0 Å². The SMILES string of the molecule is CO/N=C(\C(=O)N[C@@H]1C(=O)N2C(C(=O)O)=C(CSc3nnnn3C)CS[C@H]12)c1csc(N)n1.CO[C@@]1(NC(=O)CSCC#N)C(=O)N2C(C(=O)[O-])=C(CSc3nnnn3C)CS[C@@H]21.Cl.[Na+]. The maximum absolute atomic E-state index is 12.9. The van der Waals surface area contributed by atoms with Gasteiger partial charge in [-0.15, -0.1) is 69.2 Å². The third-order valence-corrected chi connectivity index (χ3v) is 15.3. The quantitative estimate of drug-likeness (QED) is 0.0186. The Labute approximate surface area is 421 Å². The Hall–Kier alpha value is -4.17. The molecule has 7 rings (SSSR count). The number of halogens is 1. The first-order chi connectivity index (χ1) is 30.2. The zero-order valence-corrected chi connectivity index (χ0v) is 42.1. The Morgan fingerprint density at radius 3 is 2.17 bits per heavy atom. The largest absolute Gasteiger partial charge is 1.00 e. The van der Waals surface area contributed by atoms with Crippen molar-refractivity contribution >= 4 is 129 Å². The molecule has 4 aliphatic heterocycles. The van der Waals surface area contributed by atoms with Crippen LogP contribution < -0.4 is 51.0 Å². The number of rotatable bonds is 17. The number of nitrogens with zero attached hydrogens (tertiary/aromatic N) is 13. The van der Waals surface area contributed by atoms with Crippen LogP contribution in [0.15, 0.2) is 43.4 Å². The van der Waals surface area contributed by atoms with Crippen molar-refractivity contribution in [2.24, 2.45) is 19.3 Å². The molecule has 7 heterocycles. The average molecular weight is 1040 g/mol. The van der Waals surface area contributed by atoms with Crippen molar-refractivity contribution < 1.29 is 78.1 Å². The van der Waals surface area contributed by atoms with Gasteiger partial charge in [0.25, 0.3) is 23.4 Å². The summed E-state index contributed by atoms with van der Waals surface area (Å²) < 4.78 is 8.26. The molecule has 2 saturated heterocycles. The molecule has 342 valence electrons. The van der Waals surface area contributed by atoms with Gasteiger partial charge >= 0.3 is 35.5 Å². The number of thioether (sulfide) groups is 5. The van der Waals surface area contributed by atoms with Crippen LogP contribution in [0.1, 0.15) is 5.69 Å². The monoisotopic (exact) mass is 1040 g/mol. The number of carboxylic acids is 2. The number of fused-ring (bicyclic) bond motifs is 2. The number of methoxy groups -OCH3 is 1. The Morgan fingerprint density at radius 1 is 1.05 bits per heavy atom. The van der Waals surface area contributed by atoms with Crippen molar-refractivity contribution in [1.82, 2.24) is 65.8 Å². The van der Waals surface area contributed by atoms with Crippen LogP contribution in [0.25, 0.3) is 0 Å². The number of nitrogens with one attached hydrogen (secondary N) is 2. The number of carbonyl (C=O) groups excluding carboxylic acids is 5. The molecule has 4 amide bonds. The number of amides is 4. The molecule has 4 atom stereocenters. The van der Waals surface area contributed by atoms with Gasteiger partial charge in [0.1, 0.15) is 35.3 Å². The van der Waals surface area contributed by atoms with Crippen molar-refractivity contribution in [3.05, 3.63) is 33.6 Å². The van der Waals surface area contributed by atoms with E-state index in [1.54, 1.807) is 19.5 Å². The smallest absolute Gasteiger partial charge is 0.543 e. The topological polar surface area (TPSA) is 357 Å². The van der Waals surface area contributed by atoms with Crippen molar-refractivity contribution in [2.75, 3.05) is 54.5 Å². The summed E-state index contributed by atoms with van der Waals surface area (Å²) in [7, 11) is 5.88. The number of aromatic nitrogens is 9. The number of anilines is 1. The molecule has 3 aromatic heterocycles. The molecule has 26 nitrogen and oxygen atoms in total. The minimum absolute atomic E-state index is 0. The number of oxime groups is 1. The Balaban J connectivity index is 0.000000277. The third-order valence-electron chi connectivity index (χ3n) is 8.96. The molecule has 0 aliphatic carbocycles. The molecule has 65 heavy (non-hydrogen) atoms. The Morgan fingerprint density at radius 2 is 1.66 bits per heavy atom. The first-order valence-electron chi connectivity index (χ1n) is 17.6. The van der Waals surface area contributed by atoms with Gasteiger partial charge in [0.15, 0.2) is 10.8 Å². The maximum Gasteiger partial charge on any atom is 1.00 e. The molecule has 0 bridgehead atoms. The summed E-state index contributed by atoms with van der Waals surface area (Å²) in [5, 5.41) is 62.7. The van der Waals surface area contributed by atoms with Gasteiger partial charge in [0.2, 0.25) is 16.2 Å². The fourth-order valence-electron chi connectivity index (χ4n) is 6.16. The summed E-state index contributed by atoms with van der Waals surface area (Å²) in [4.78, 5) is 85.6. The normalized spacial score (nSPS) is 20.9. The van der Waals surface area contributed by atoms with Gasteiger partial charge in [-0.2, -0.15) is 5.26 Å². The van der Waals surface area contributed by atoms with Crippen LogP contribution in [0, 0.1) is 11.3 Å². The molecule has 0 aromatic carbocycles. The number of carboxylic acid groups (broad SMARTS) is 2. The van der Waals surface area contributed by atoms with Gasteiger partial charge in [-0.25, -0.2) is 19.1 Å². The second-order valence-corrected chi connectivity index (χ2v) is 18.7. The second-order valence-electron chi connectivity index (χ2n) is 12.8. The number of aryl methyl sites for hydroxylation is 2. The number of carbonyl (C=O) groups is 6. The number of thiazole rings is 1. The van der Waals surface area contributed by atoms with E-state index in [1.807, 2.05) is 6.07 Å². The number of nitrogen functional groups attached to an aromatic ring is 1. The van der Waals surface area contributed by atoms with E-state index in [0.717, 1.165) is 28.0 Å². The van der Waals surface area contributed by atoms with E-state index in [4.69, 9.17) is 20.6 Å². The average Bonchev–Trinajstić information content (AvgIpc) is 4.01. The number of tetrazole rings is 2. The van der Waals surface area contributed by atoms with Crippen LogP contribution in [0.2, 0.25) is 0 Å². The van der Waals surface area contributed by atoms with Gasteiger partial charge in [-0.1, -0.05) is 28.7 Å². The zero-order valence-electron chi connectivity index (χ0n) is 34.4. The van der Waals surface area contributed by atoms with E-state index >= 15 is 0 Å². The van der Waals surface area contributed by atoms with Gasteiger partial charge in [-0.05, 0) is 32.0 Å². The summed E-state index contributed by atoms with van der Waals surface area (Å²) in [6, 6.07) is 0.985. The number of aliphatic carboxylic acids is 2. The standard InChI is InChI=1S/C16H17N9O5S3.C15H17N7O5S3.ClH.Na/c1-24-16(20-22-23-24)33-4-6-3-31-13-9(12(27)25(13)10(6)14(28)29)19-11(26)8(21-30-2)7-5-32-15(17)18-7;1-21-14(18-19-20-21)30-6-8-5-29-13-15(27-2,17-9(23)7-28-4-3-16)12(26)22(13)10(8)11(24)25;;/h5,9,13H,3-4H2,1-2H3,(H2,17,18)(H,19,26)(H,28,29);13H,4-7H2,1-2H3,(H,17,23)(H,24,25);1H;/q;;;+1/p-1/b21-8-;;;/t9-,13-;13-,15+;;/m11../s1. The number of β-lactam (4-membered cyclic amide) rings is 2. The van der Waals surface area contributed by atoms with Crippen LogP contribution in [-0.4, -0.2) is 173 Å². The first kappa shape index (κ1) is 53.4. The summed E-state index contributed by atoms with van der Waals surface area (Å²) in [6.07, 6.45) is 0. The fraction of sp³-hybridized carbons (Fsp3) is 0.452. The van der Waals surface area contributed by atoms with E-state index in [0.29, 0.717) is 38.7 Å². The molecular formula is C31H34ClN16NaO10S6. The molecule has 3 aromatic rings. The number of ether oxygens (including phenoxy) is 1. The number of nitrogens with two attached hydrogens (primary N) is 1. The van der Waals surface area contributed by atoms with Gasteiger partial charge in [-0.3, -0.25) is 29.0 Å². The van der Waals surface area contributed by atoms with Crippen molar-refractivity contribution in [3.8, 4) is 6.07 Å². The summed E-state index contributed by atoms with van der Waals surface area (Å²) in [5.74, 6) is -3.79. The number of nitriles is 1. The summed E-state index contributed by atoms with van der Waals surface area (Å²) in [6.45, 7) is 0. The Bertz CT molecular complexity index is 2470. The Kier molecular flexibility index (Phi) is 19.3. The molecule has 2 fully saturated rings. The minimum atomic E-state index is -1.66. The van der Waals surface area contributed by atoms with E-state index in [-0.39, 0.29) is 87.2 Å². The molecule has 0 radical (unpaired) electrons. The third kappa shape index (κ3) is 11.3. The fourth-order valence-corrected chi connectivity index (χ4v) is 11.9. The van der Waals surface area contributed by atoms with Crippen LogP contribution in [0.5, 0.6) is 0 Å². The van der Waals surface area contributed by atoms with E-state index in [2.05, 4.69) is 51.8 Å². The molecule has 34 heteroatoms. The van der Waals surface area contributed by atoms with Crippen LogP contribution >= 0.6 is 82.6 Å². The first-order valence-corrected chi connectivity index (χ1v) is 23.7. The molecule has 0 spiro atoms. The van der Waals surface area contributed by atoms with E-state index in [1.165, 1.54) is 75.5 Å². The van der Waals surface area contributed by atoms with Gasteiger partial charge < -0.3 is 40.9 Å². The second kappa shape index (κ2) is 23.5. The van der Waals surface area contributed by atoms with Gasteiger partial charge in [0.05, 0.1) is 29.2 Å². The molecular weight excluding hydrogens is 1010 g/mol. The molecule has 0 unspecified atom stereocenters. The molecule has 4 aliphatic rings. The van der Waals surface area contributed by atoms with Crippen molar-refractivity contribution in [2.45, 2.75) is 32.8 Å². The molecule has 5 N–H and O–H groups in total. The minimum Gasteiger partial charge on any atom is -0.543 e. The van der Waals surface area contributed by atoms with Gasteiger partial charge in [0, 0.05) is 49.6 Å². The van der Waals surface area contributed by atoms with E-state index < -0.39 is 58.1 Å². The van der Waals surface area contributed by atoms with Crippen LogP contribution in [0.3, 0.4) is 0 Å². The van der Waals surface area contributed by atoms with Crippen LogP contribution in [-0.2, 0) is 52.4 Å². The van der Waals surface area contributed by atoms with Crippen molar-refractivity contribution in [3.63, 3.8) is 0 Å². The molecule has 0 saturated carbocycles.